The molecule has 0 aliphatic heterocycles. The first-order valence-electron chi connectivity index (χ1n) is 4.85. The van der Waals surface area contributed by atoms with Crippen molar-refractivity contribution in [2.75, 3.05) is 0 Å². The Hall–Kier alpha value is 1.28. The van der Waals surface area contributed by atoms with Crippen molar-refractivity contribution in [3.05, 3.63) is 0 Å². The van der Waals surface area contributed by atoms with Gasteiger partial charge in [0.25, 0.3) is 0 Å². The third-order valence-electron chi connectivity index (χ3n) is 1.58. The lowest BCUT2D eigenvalue weighted by atomic mass is 10.1. The monoisotopic (exact) mass is 274 g/mol. The fraction of sp³-hybridized carbons (Fsp3) is 1.00. The van der Waals surface area contributed by atoms with E-state index in [1.807, 2.05) is 21.6 Å². The lowest BCUT2D eigenvalue weighted by Gasteiger charge is -2.24. The summed E-state index contributed by atoms with van der Waals surface area (Å²) in [7, 11) is 3.82. The number of hydrogen-bond donors (Lipinski definition) is 0. The Kier molecular flexibility index (Phi) is 7.39. The first-order chi connectivity index (χ1) is 6.22. The molecule has 86 valence electrons. The fourth-order valence-corrected chi connectivity index (χ4v) is 4.44. The maximum Gasteiger partial charge on any atom is 0.108 e. The van der Waals surface area contributed by atoms with Gasteiger partial charge in [-0.2, -0.15) is 0 Å². The molecule has 4 heteroatoms. The Morgan fingerprint density at radius 3 is 1.93 bits per heavy atom. The zero-order valence-corrected chi connectivity index (χ0v) is 12.7. The first-order valence-corrected chi connectivity index (χ1v) is 7.93. The van der Waals surface area contributed by atoms with Gasteiger partial charge in [0.2, 0.25) is 0 Å². The smallest absolute Gasteiger partial charge is 0.105 e. The SMILES string of the molecule is CC(C)[C@@H](CC(Cl)Cl)SSC(C)(C)C. The molecule has 0 aliphatic carbocycles. The van der Waals surface area contributed by atoms with Gasteiger partial charge in [0.05, 0.1) is 0 Å². The summed E-state index contributed by atoms with van der Waals surface area (Å²) in [5.41, 5.74) is 0. The third kappa shape index (κ3) is 8.58. The highest BCUT2D eigenvalue weighted by Crippen LogP contribution is 2.42. The molecule has 0 heterocycles. The van der Waals surface area contributed by atoms with Crippen LogP contribution in [-0.4, -0.2) is 14.8 Å². The number of hydrogen-bond acceptors (Lipinski definition) is 2. The molecule has 0 N–H and O–H groups in total. The van der Waals surface area contributed by atoms with Gasteiger partial charge in [0, 0.05) is 10.00 Å². The topological polar surface area (TPSA) is 0 Å². The van der Waals surface area contributed by atoms with Crippen LogP contribution in [0.4, 0.5) is 0 Å². The largest absolute Gasteiger partial charge is 0.108 e. The summed E-state index contributed by atoms with van der Waals surface area (Å²) in [5.74, 6) is 0.620. The van der Waals surface area contributed by atoms with E-state index in [9.17, 15) is 0 Å². The van der Waals surface area contributed by atoms with Crippen molar-refractivity contribution in [3.63, 3.8) is 0 Å². The molecule has 0 saturated heterocycles. The van der Waals surface area contributed by atoms with E-state index in [0.717, 1.165) is 6.42 Å². The van der Waals surface area contributed by atoms with Crippen molar-refractivity contribution in [3.8, 4) is 0 Å². The van der Waals surface area contributed by atoms with Gasteiger partial charge in [-0.25, -0.2) is 0 Å². The molecule has 0 aliphatic rings. The normalized spacial score (nSPS) is 15.2. The van der Waals surface area contributed by atoms with Crippen LogP contribution in [0.1, 0.15) is 41.0 Å². The van der Waals surface area contributed by atoms with Crippen LogP contribution in [-0.2, 0) is 0 Å². The van der Waals surface area contributed by atoms with Crippen LogP contribution < -0.4 is 0 Å². The molecule has 0 aromatic rings. The maximum atomic E-state index is 5.81. The van der Waals surface area contributed by atoms with E-state index in [-0.39, 0.29) is 4.84 Å². The highest BCUT2D eigenvalue weighted by Gasteiger charge is 2.21. The quantitative estimate of drug-likeness (QED) is 0.487. The molecule has 0 saturated carbocycles. The average Bonchev–Trinajstić information content (AvgIpc) is 1.94. The zero-order chi connectivity index (χ0) is 11.4. The minimum atomic E-state index is -0.240. The Balaban J connectivity index is 3.98. The standard InChI is InChI=1S/C10H20Cl2S2/c1-7(2)8(6-9(11)12)13-14-10(3,4)5/h7-9H,6H2,1-5H3/t8-/m1/s1. The van der Waals surface area contributed by atoms with E-state index >= 15 is 0 Å². The molecule has 0 aromatic carbocycles. The summed E-state index contributed by atoms with van der Waals surface area (Å²) < 4.78 is 0.298. The summed E-state index contributed by atoms with van der Waals surface area (Å²) in [5, 5.41) is 0.541. The molecule has 0 amide bonds. The molecule has 0 spiro atoms. The van der Waals surface area contributed by atoms with Crippen LogP contribution in [0, 0.1) is 5.92 Å². The number of alkyl halides is 2. The van der Waals surface area contributed by atoms with Gasteiger partial charge in [-0.3, -0.25) is 0 Å². The Morgan fingerprint density at radius 1 is 1.14 bits per heavy atom. The van der Waals surface area contributed by atoms with Crippen LogP contribution in [0.25, 0.3) is 0 Å². The average molecular weight is 275 g/mol. The fourth-order valence-electron chi connectivity index (χ4n) is 0.804. The van der Waals surface area contributed by atoms with Gasteiger partial charge >= 0.3 is 0 Å². The van der Waals surface area contributed by atoms with Gasteiger partial charge in [0.1, 0.15) is 4.84 Å². The van der Waals surface area contributed by atoms with Crippen molar-refractivity contribution in [2.45, 2.75) is 55.9 Å². The van der Waals surface area contributed by atoms with Crippen molar-refractivity contribution >= 4 is 44.8 Å². The molecule has 14 heavy (non-hydrogen) atoms. The van der Waals surface area contributed by atoms with Crippen LogP contribution in [0.5, 0.6) is 0 Å². The highest BCUT2D eigenvalue weighted by molar-refractivity contribution is 8.77. The zero-order valence-electron chi connectivity index (χ0n) is 9.51. The van der Waals surface area contributed by atoms with Crippen molar-refractivity contribution < 1.29 is 0 Å². The molecular formula is C10H20Cl2S2. The second kappa shape index (κ2) is 6.78. The predicted molar refractivity (Wildman–Crippen MR) is 73.7 cm³/mol. The molecule has 1 atom stereocenters. The summed E-state index contributed by atoms with van der Waals surface area (Å²) in [6.45, 7) is 11.1. The molecule has 0 unspecified atom stereocenters. The van der Waals surface area contributed by atoms with Gasteiger partial charge in [0.15, 0.2) is 0 Å². The minimum Gasteiger partial charge on any atom is -0.105 e. The minimum absolute atomic E-state index is 0.240. The Labute approximate surface area is 106 Å². The maximum absolute atomic E-state index is 5.81. The summed E-state index contributed by atoms with van der Waals surface area (Å²) in [4.78, 5) is -0.240. The summed E-state index contributed by atoms with van der Waals surface area (Å²) in [6, 6.07) is 0. The van der Waals surface area contributed by atoms with Crippen molar-refractivity contribution in [1.82, 2.24) is 0 Å². The van der Waals surface area contributed by atoms with Crippen LogP contribution in [0.3, 0.4) is 0 Å². The molecule has 0 nitrogen and oxygen atoms in total. The van der Waals surface area contributed by atoms with Gasteiger partial charge < -0.3 is 0 Å². The molecule has 0 fully saturated rings. The van der Waals surface area contributed by atoms with E-state index in [4.69, 9.17) is 23.2 Å². The van der Waals surface area contributed by atoms with Gasteiger partial charge in [-0.05, 0) is 12.3 Å². The molecule has 0 radical (unpaired) electrons. The van der Waals surface area contributed by atoms with E-state index in [2.05, 4.69) is 34.6 Å². The Morgan fingerprint density at radius 2 is 1.64 bits per heavy atom. The van der Waals surface area contributed by atoms with E-state index in [1.54, 1.807) is 0 Å². The second-order valence-corrected chi connectivity index (χ2v) is 9.24. The second-order valence-electron chi connectivity index (χ2n) is 4.70. The summed E-state index contributed by atoms with van der Waals surface area (Å²) >= 11 is 11.6. The van der Waals surface area contributed by atoms with Crippen LogP contribution in [0.2, 0.25) is 0 Å². The first kappa shape index (κ1) is 15.3. The molecule has 0 aromatic heterocycles. The van der Waals surface area contributed by atoms with Crippen molar-refractivity contribution in [2.24, 2.45) is 5.92 Å². The van der Waals surface area contributed by atoms with Crippen LogP contribution in [0.15, 0.2) is 0 Å². The van der Waals surface area contributed by atoms with E-state index < -0.39 is 0 Å². The lowest BCUT2D eigenvalue weighted by molar-refractivity contribution is 0.590. The Bertz CT molecular complexity index is 153. The molecule has 0 bridgehead atoms. The summed E-state index contributed by atoms with van der Waals surface area (Å²) in [6.07, 6.45) is 0.870. The van der Waals surface area contributed by atoms with Crippen molar-refractivity contribution in [1.29, 1.82) is 0 Å². The van der Waals surface area contributed by atoms with Gasteiger partial charge in [-0.15, -0.1) is 23.2 Å². The number of halogens is 2. The van der Waals surface area contributed by atoms with E-state index in [1.165, 1.54) is 0 Å². The highest BCUT2D eigenvalue weighted by atomic mass is 35.5. The predicted octanol–water partition coefficient (Wildman–Crippen LogP) is 5.38. The number of rotatable bonds is 5. The lowest BCUT2D eigenvalue weighted by Crippen LogP contribution is -2.15. The van der Waals surface area contributed by atoms with Crippen LogP contribution >= 0.6 is 44.8 Å². The molecular weight excluding hydrogens is 255 g/mol. The van der Waals surface area contributed by atoms with Gasteiger partial charge in [-0.1, -0.05) is 56.2 Å². The molecule has 0 rings (SSSR count). The third-order valence-corrected chi connectivity index (χ3v) is 6.04. The van der Waals surface area contributed by atoms with E-state index in [0.29, 0.717) is 15.9 Å².